The average molecular weight is 605 g/mol. The van der Waals surface area contributed by atoms with E-state index in [0.717, 1.165) is 30.0 Å². The summed E-state index contributed by atoms with van der Waals surface area (Å²) in [6, 6.07) is 10.7. The molecule has 3 aromatic heterocycles. The van der Waals surface area contributed by atoms with Gasteiger partial charge < -0.3 is 29.6 Å². The molecule has 44 heavy (non-hydrogen) atoms. The van der Waals surface area contributed by atoms with Gasteiger partial charge in [-0.3, -0.25) is 4.79 Å². The first-order chi connectivity index (χ1) is 21.1. The summed E-state index contributed by atoms with van der Waals surface area (Å²) in [7, 11) is 3.38. The third kappa shape index (κ3) is 4.73. The van der Waals surface area contributed by atoms with Crippen LogP contribution in [0, 0.1) is 17.6 Å². The van der Waals surface area contributed by atoms with Crippen molar-refractivity contribution < 1.29 is 27.8 Å². The van der Waals surface area contributed by atoms with Gasteiger partial charge in [0.15, 0.2) is 17.4 Å². The van der Waals surface area contributed by atoms with Crippen LogP contribution >= 0.6 is 0 Å². The van der Waals surface area contributed by atoms with E-state index in [1.54, 1.807) is 24.3 Å². The number of alkyl halides is 1. The highest BCUT2D eigenvalue weighted by molar-refractivity contribution is 6.00. The molecule has 0 radical (unpaired) electrons. The highest BCUT2D eigenvalue weighted by Crippen LogP contribution is 2.38. The number of ether oxygens (including phenoxy) is 1. The molecule has 2 fully saturated rings. The molecule has 0 spiro atoms. The Morgan fingerprint density at radius 2 is 1.89 bits per heavy atom. The van der Waals surface area contributed by atoms with Gasteiger partial charge in [0.05, 0.1) is 30.6 Å². The second kappa shape index (κ2) is 10.5. The Hall–Kier alpha value is -4.58. The maximum Gasteiger partial charge on any atom is 0.254 e. The first-order valence-corrected chi connectivity index (χ1v) is 14.5. The quantitative estimate of drug-likeness (QED) is 0.277. The third-order valence-corrected chi connectivity index (χ3v) is 8.57. The highest BCUT2D eigenvalue weighted by atomic mass is 19.2. The van der Waals surface area contributed by atoms with E-state index < -0.39 is 29.6 Å². The zero-order valence-corrected chi connectivity index (χ0v) is 24.2. The molecule has 1 aliphatic carbocycles. The summed E-state index contributed by atoms with van der Waals surface area (Å²) in [6.45, 7) is 0.909. The molecule has 1 saturated carbocycles. The number of amides is 1. The fourth-order valence-corrected chi connectivity index (χ4v) is 6.18. The summed E-state index contributed by atoms with van der Waals surface area (Å²) in [5.74, 6) is -2.10. The minimum Gasteiger partial charge on any atom is -0.505 e. The topological polar surface area (TPSA) is 111 Å². The number of rotatable bonds is 6. The Morgan fingerprint density at radius 3 is 2.61 bits per heavy atom. The van der Waals surface area contributed by atoms with E-state index in [-0.39, 0.29) is 36.7 Å². The van der Waals surface area contributed by atoms with Crippen LogP contribution < -0.4 is 10.5 Å². The molecule has 1 saturated heterocycles. The molecule has 0 bridgehead atoms. The molecule has 2 atom stereocenters. The van der Waals surface area contributed by atoms with E-state index in [1.807, 2.05) is 22.2 Å². The van der Waals surface area contributed by atoms with Crippen molar-refractivity contribution in [2.24, 2.45) is 18.7 Å². The van der Waals surface area contributed by atoms with Crippen LogP contribution in [0.4, 0.5) is 13.2 Å². The van der Waals surface area contributed by atoms with E-state index in [9.17, 15) is 23.1 Å². The minimum absolute atomic E-state index is 0.0166. The van der Waals surface area contributed by atoms with Gasteiger partial charge in [-0.25, -0.2) is 18.7 Å². The number of benzene rings is 2. The Bertz CT molecular complexity index is 1940. The number of fused-ring (bicyclic) bond motifs is 2. The number of halogens is 3. The van der Waals surface area contributed by atoms with Gasteiger partial charge >= 0.3 is 0 Å². The number of nitrogens with two attached hydrogens (primary N) is 1. The van der Waals surface area contributed by atoms with Gasteiger partial charge in [0.25, 0.3) is 5.91 Å². The van der Waals surface area contributed by atoms with Crippen molar-refractivity contribution in [3.8, 4) is 34.3 Å². The largest absolute Gasteiger partial charge is 0.505 e. The number of piperidine rings is 1. The molecular formula is C32H31F3N6O3. The number of likely N-dealkylation sites (tertiary alicyclic amines) is 1. The average Bonchev–Trinajstić information content (AvgIpc) is 3.68. The van der Waals surface area contributed by atoms with Crippen LogP contribution in [0.2, 0.25) is 0 Å². The number of aromatic hydroxyl groups is 1. The summed E-state index contributed by atoms with van der Waals surface area (Å²) < 4.78 is 52.8. The number of imidazole rings is 1. The summed E-state index contributed by atoms with van der Waals surface area (Å²) in [5, 5.41) is 10.4. The second-order valence-corrected chi connectivity index (χ2v) is 11.8. The van der Waals surface area contributed by atoms with Crippen molar-refractivity contribution in [3.05, 3.63) is 59.7 Å². The Balaban J connectivity index is 1.35. The standard InChI is InChI=1S/C32H31F3N6O3/c1-39-29-23(9-18(11-26(29)44-2)32(43)40-14-19(33)12-20(36)15-40)38-31(39)24-10-17-5-7-22(21-6-8-25(42)28(35)27(21)34)37-30(17)41(24)13-16-3-4-16/h5-11,16,19-20,42H,3-4,12-15,36H2,1-2H3/t19-,20-/m1/s1. The van der Waals surface area contributed by atoms with Gasteiger partial charge in [-0.2, -0.15) is 4.39 Å². The molecule has 4 heterocycles. The van der Waals surface area contributed by atoms with Crippen LogP contribution in [0.1, 0.15) is 29.6 Å². The van der Waals surface area contributed by atoms with Crippen molar-refractivity contribution in [2.45, 2.75) is 38.0 Å². The lowest BCUT2D eigenvalue weighted by Crippen LogP contribution is -2.50. The van der Waals surface area contributed by atoms with Crippen molar-refractivity contribution in [1.29, 1.82) is 0 Å². The number of hydrogen-bond donors (Lipinski definition) is 2. The molecule has 2 aliphatic rings. The van der Waals surface area contributed by atoms with Gasteiger partial charge in [0.1, 0.15) is 23.1 Å². The normalized spacial score (nSPS) is 18.8. The van der Waals surface area contributed by atoms with Gasteiger partial charge in [-0.15, -0.1) is 0 Å². The van der Waals surface area contributed by atoms with Crippen LogP contribution in [0.5, 0.6) is 11.5 Å². The predicted molar refractivity (Wildman–Crippen MR) is 159 cm³/mol. The van der Waals surface area contributed by atoms with E-state index in [4.69, 9.17) is 20.4 Å². The zero-order valence-electron chi connectivity index (χ0n) is 24.2. The number of phenolic OH excluding ortho intramolecular Hbond substituents is 1. The van der Waals surface area contributed by atoms with Gasteiger partial charge in [-0.1, -0.05) is 0 Å². The minimum atomic E-state index is -1.32. The lowest BCUT2D eigenvalue weighted by Gasteiger charge is -2.33. The summed E-state index contributed by atoms with van der Waals surface area (Å²) in [4.78, 5) is 24.5. The van der Waals surface area contributed by atoms with Crippen LogP contribution in [0.25, 0.3) is 44.8 Å². The molecule has 7 rings (SSSR count). The van der Waals surface area contributed by atoms with Crippen molar-refractivity contribution >= 4 is 28.0 Å². The molecule has 1 aliphatic heterocycles. The first-order valence-electron chi connectivity index (χ1n) is 14.5. The van der Waals surface area contributed by atoms with Gasteiger partial charge in [0.2, 0.25) is 5.82 Å². The van der Waals surface area contributed by atoms with Crippen molar-refractivity contribution in [1.82, 2.24) is 24.0 Å². The van der Waals surface area contributed by atoms with E-state index in [0.29, 0.717) is 46.3 Å². The maximum atomic E-state index is 14.8. The zero-order chi connectivity index (χ0) is 30.9. The van der Waals surface area contributed by atoms with Crippen molar-refractivity contribution in [3.63, 3.8) is 0 Å². The summed E-state index contributed by atoms with van der Waals surface area (Å²) >= 11 is 0. The number of carbonyl (C=O) groups excluding carboxylic acids is 1. The first kappa shape index (κ1) is 28.2. The van der Waals surface area contributed by atoms with Crippen LogP contribution in [0.15, 0.2) is 42.5 Å². The van der Waals surface area contributed by atoms with E-state index in [1.165, 1.54) is 18.1 Å². The van der Waals surface area contributed by atoms with Gasteiger partial charge in [-0.05, 0) is 67.6 Å². The number of phenols is 1. The lowest BCUT2D eigenvalue weighted by molar-refractivity contribution is 0.0606. The Morgan fingerprint density at radius 1 is 1.09 bits per heavy atom. The fraction of sp³-hybridized carbons (Fsp3) is 0.344. The monoisotopic (exact) mass is 604 g/mol. The number of methoxy groups -OCH3 is 1. The molecule has 228 valence electrons. The maximum absolute atomic E-state index is 14.8. The Labute approximate surface area is 250 Å². The highest BCUT2D eigenvalue weighted by Gasteiger charge is 2.31. The Kier molecular flexibility index (Phi) is 6.76. The smallest absolute Gasteiger partial charge is 0.254 e. The molecule has 12 heteroatoms. The number of aryl methyl sites for hydroxylation is 1. The van der Waals surface area contributed by atoms with Crippen molar-refractivity contribution in [2.75, 3.05) is 20.2 Å². The summed E-state index contributed by atoms with van der Waals surface area (Å²) in [5.41, 5.74) is 9.06. The SMILES string of the molecule is COc1cc(C(=O)N2C[C@H](N)C[C@@H](F)C2)cc2nc(-c3cc4ccc(-c5ccc(O)c(F)c5F)nc4n3CC3CC3)n(C)c12. The van der Waals surface area contributed by atoms with E-state index in [2.05, 4.69) is 0 Å². The van der Waals surface area contributed by atoms with E-state index >= 15 is 0 Å². The number of aromatic nitrogens is 4. The number of hydrogen-bond acceptors (Lipinski definition) is 6. The summed E-state index contributed by atoms with van der Waals surface area (Å²) in [6.07, 6.45) is 1.18. The predicted octanol–water partition coefficient (Wildman–Crippen LogP) is 5.17. The number of carbonyl (C=O) groups is 1. The van der Waals surface area contributed by atoms with Crippen LogP contribution in [0.3, 0.4) is 0 Å². The molecule has 0 unspecified atom stereocenters. The molecule has 3 N–H and O–H groups in total. The van der Waals surface area contributed by atoms with Crippen LogP contribution in [-0.4, -0.2) is 67.4 Å². The molecule has 1 amide bonds. The molecule has 2 aromatic carbocycles. The molecule has 9 nitrogen and oxygen atoms in total. The third-order valence-electron chi connectivity index (χ3n) is 8.57. The number of nitrogens with zero attached hydrogens (tertiary/aromatic N) is 5. The number of pyridine rings is 1. The molecular weight excluding hydrogens is 573 g/mol. The van der Waals surface area contributed by atoms with Crippen LogP contribution in [-0.2, 0) is 13.6 Å². The van der Waals surface area contributed by atoms with Gasteiger partial charge in [0, 0.05) is 42.7 Å². The second-order valence-electron chi connectivity index (χ2n) is 11.8. The molecule has 5 aromatic rings. The lowest BCUT2D eigenvalue weighted by atomic mass is 10.0. The fourth-order valence-electron chi connectivity index (χ4n) is 6.18.